The van der Waals surface area contributed by atoms with Gasteiger partial charge in [0.25, 0.3) is 5.91 Å². The third-order valence-corrected chi connectivity index (χ3v) is 13.7. The third-order valence-electron chi connectivity index (χ3n) is 11.2. The van der Waals surface area contributed by atoms with Gasteiger partial charge in [-0.05, 0) is 89.2 Å². The molecule has 2 aliphatic carbocycles. The van der Waals surface area contributed by atoms with Gasteiger partial charge in [0.1, 0.15) is 17.6 Å². The molecule has 5 atom stereocenters. The number of amides is 4. The van der Waals surface area contributed by atoms with Crippen molar-refractivity contribution in [3.05, 3.63) is 89.8 Å². The highest BCUT2D eigenvalue weighted by Gasteiger charge is 2.62. The number of nitrogens with one attached hydrogen (secondary N) is 3. The van der Waals surface area contributed by atoms with Crippen LogP contribution in [-0.2, 0) is 35.8 Å². The number of rotatable bonds is 8. The molecule has 3 N–H and O–H groups in total. The van der Waals surface area contributed by atoms with Crippen LogP contribution in [0.2, 0.25) is 0 Å². The van der Waals surface area contributed by atoms with E-state index < -0.39 is 68.7 Å². The molecule has 0 unspecified atom stereocenters. The highest BCUT2D eigenvalue weighted by atomic mass is 32.2. The van der Waals surface area contributed by atoms with Gasteiger partial charge in [-0.3, -0.25) is 19.1 Å². The minimum Gasteiger partial charge on any atom is -0.399 e. The van der Waals surface area contributed by atoms with Crippen LogP contribution in [0.25, 0.3) is 21.5 Å². The van der Waals surface area contributed by atoms with Crippen LogP contribution < -0.4 is 20.1 Å². The summed E-state index contributed by atoms with van der Waals surface area (Å²) in [7, 11) is -3.88. The number of fused-ring (bicyclic) bond motifs is 4. The van der Waals surface area contributed by atoms with E-state index in [0.717, 1.165) is 39.9 Å². The van der Waals surface area contributed by atoms with Crippen molar-refractivity contribution in [1.82, 2.24) is 20.3 Å². The predicted octanol–water partition coefficient (Wildman–Crippen LogP) is 5.70. The van der Waals surface area contributed by atoms with Gasteiger partial charge in [0.05, 0.1) is 18.0 Å². The van der Waals surface area contributed by atoms with Crippen molar-refractivity contribution in [3.8, 4) is 5.06 Å². The second-order valence-corrected chi connectivity index (χ2v) is 17.9. The van der Waals surface area contributed by atoms with E-state index in [4.69, 9.17) is 9.47 Å². The summed E-state index contributed by atoms with van der Waals surface area (Å²) in [4.78, 5) is 57.2. The zero-order chi connectivity index (χ0) is 38.2. The van der Waals surface area contributed by atoms with Gasteiger partial charge in [0, 0.05) is 18.9 Å². The average molecular weight is 785 g/mol. The van der Waals surface area contributed by atoms with Crippen LogP contribution in [0.15, 0.2) is 84.3 Å². The second kappa shape index (κ2) is 15.4. The highest BCUT2D eigenvalue weighted by Crippen LogP contribution is 2.46. The monoisotopic (exact) mass is 784 g/mol. The number of thiophene rings is 1. The molecule has 8 rings (SSSR count). The lowest BCUT2D eigenvalue weighted by Crippen LogP contribution is -2.58. The number of carbonyl (C=O) groups is 4. The summed E-state index contributed by atoms with van der Waals surface area (Å²) in [5.74, 6) is -2.22. The third kappa shape index (κ3) is 7.98. The van der Waals surface area contributed by atoms with Gasteiger partial charge in [-0.1, -0.05) is 73.5 Å². The Morgan fingerprint density at radius 1 is 0.945 bits per heavy atom. The summed E-state index contributed by atoms with van der Waals surface area (Å²) in [5, 5.41) is 11.4. The van der Waals surface area contributed by atoms with Gasteiger partial charge >= 0.3 is 6.09 Å². The highest BCUT2D eigenvalue weighted by molar-refractivity contribution is 7.91. The number of benzene rings is 3. The van der Waals surface area contributed by atoms with Crippen LogP contribution >= 0.6 is 11.3 Å². The van der Waals surface area contributed by atoms with Gasteiger partial charge in [-0.2, -0.15) is 0 Å². The smallest absolute Gasteiger partial charge is 0.399 e. The zero-order valence-electron chi connectivity index (χ0n) is 30.3. The van der Waals surface area contributed by atoms with Crippen LogP contribution in [-0.4, -0.2) is 72.7 Å². The molecule has 14 heteroatoms. The maximum atomic E-state index is 14.5. The molecule has 3 aromatic carbocycles. The number of carbonyl (C=O) groups excluding carboxylic acids is 4. The summed E-state index contributed by atoms with van der Waals surface area (Å²) in [6.45, 7) is 0.284. The van der Waals surface area contributed by atoms with Gasteiger partial charge in [0.2, 0.25) is 21.8 Å². The molecule has 0 bridgehead atoms. The fourth-order valence-electron chi connectivity index (χ4n) is 7.93. The summed E-state index contributed by atoms with van der Waals surface area (Å²) < 4.78 is 40.0. The van der Waals surface area contributed by atoms with Crippen molar-refractivity contribution in [2.24, 2.45) is 5.92 Å². The van der Waals surface area contributed by atoms with E-state index >= 15 is 0 Å². The van der Waals surface area contributed by atoms with Gasteiger partial charge in [-0.15, -0.1) is 11.3 Å². The molecule has 0 radical (unpaired) electrons. The van der Waals surface area contributed by atoms with Crippen LogP contribution in [0.4, 0.5) is 4.79 Å². The molecule has 3 fully saturated rings. The molecule has 55 heavy (non-hydrogen) atoms. The molecule has 2 saturated carbocycles. The van der Waals surface area contributed by atoms with E-state index in [0.29, 0.717) is 37.2 Å². The Hall–Kier alpha value is -4.79. The van der Waals surface area contributed by atoms with Crippen molar-refractivity contribution >= 4 is 66.7 Å². The van der Waals surface area contributed by atoms with Crippen molar-refractivity contribution < 1.29 is 37.1 Å². The first-order valence-electron chi connectivity index (χ1n) is 19.0. The molecule has 0 spiro atoms. The number of ether oxygens (including phenoxy) is 2. The standard InChI is InChI=1S/C41H44N4O8S2/c46-37-35-22-29(52-25-33-31-14-8-6-11-26(31)21-27-12-7-9-15-32(27)33)24-45(35)38(47)34(42-40(49)53-36-17-10-20-54-36)16-5-3-1-2-4-13-28-23-41(28,43-37)39(48)44-55(50,51)30-18-19-30/h4,6-15,17,20-21,28-30,34-35H,1-3,5,16,18-19,22-25H2,(H,42,49)(H,43,46)(H,44,48)/b13-4-/t28-,29-,34+,35+,41-/m1/s1. The Morgan fingerprint density at radius 3 is 2.40 bits per heavy atom. The second-order valence-electron chi connectivity index (χ2n) is 15.0. The number of sulfonamides is 1. The van der Waals surface area contributed by atoms with Crippen LogP contribution in [0, 0.1) is 5.92 Å². The van der Waals surface area contributed by atoms with Crippen molar-refractivity contribution in [1.29, 1.82) is 0 Å². The first-order chi connectivity index (χ1) is 26.6. The molecule has 12 nitrogen and oxygen atoms in total. The van der Waals surface area contributed by atoms with Crippen molar-refractivity contribution in [3.63, 3.8) is 0 Å². The Kier molecular flexibility index (Phi) is 10.4. The maximum absolute atomic E-state index is 14.5. The molecule has 3 heterocycles. The number of allylic oxidation sites excluding steroid dienone is 1. The van der Waals surface area contributed by atoms with Crippen molar-refractivity contribution in [2.45, 2.75) is 93.4 Å². The van der Waals surface area contributed by atoms with E-state index in [1.165, 1.54) is 16.2 Å². The Balaban J connectivity index is 1.08. The first kappa shape index (κ1) is 37.1. The molecular formula is C41H44N4O8S2. The molecular weight excluding hydrogens is 741 g/mol. The molecule has 1 saturated heterocycles. The molecule has 4 amide bonds. The average Bonchev–Trinajstić information content (AvgIpc) is 4.04. The topological polar surface area (TPSA) is 160 Å². The summed E-state index contributed by atoms with van der Waals surface area (Å²) in [6.07, 6.45) is 7.08. The van der Waals surface area contributed by atoms with E-state index in [1.807, 2.05) is 36.4 Å². The number of hydrogen-bond acceptors (Lipinski definition) is 9. The predicted molar refractivity (Wildman–Crippen MR) is 209 cm³/mol. The summed E-state index contributed by atoms with van der Waals surface area (Å²) >= 11 is 1.25. The Labute approximate surface area is 323 Å². The van der Waals surface area contributed by atoms with Gasteiger partial charge < -0.3 is 25.0 Å². The largest absolute Gasteiger partial charge is 0.414 e. The zero-order valence-corrected chi connectivity index (χ0v) is 31.9. The maximum Gasteiger partial charge on any atom is 0.414 e. The van der Waals surface area contributed by atoms with Crippen LogP contribution in [0.3, 0.4) is 0 Å². The van der Waals surface area contributed by atoms with E-state index in [2.05, 4.69) is 45.7 Å². The lowest BCUT2D eigenvalue weighted by molar-refractivity contribution is -0.141. The molecule has 4 aliphatic rings. The SMILES string of the molecule is O=C(N[C@H]1CCCCC/C=C\[C@@H]2C[C@@]2(C(=O)NS(=O)(=O)C2CC2)NC(=O)[C@@H]2C[C@@H](OCc3c4ccccc4cc4ccccc34)CN2C1=O)Oc1cccs1. The number of hydrogen-bond donors (Lipinski definition) is 3. The fourth-order valence-corrected chi connectivity index (χ4v) is 9.87. The Morgan fingerprint density at radius 2 is 1.69 bits per heavy atom. The van der Waals surface area contributed by atoms with Gasteiger partial charge in [0.15, 0.2) is 5.06 Å². The summed E-state index contributed by atoms with van der Waals surface area (Å²) in [5.41, 5.74) is -0.488. The van der Waals surface area contributed by atoms with Crippen molar-refractivity contribution in [2.75, 3.05) is 6.54 Å². The minimum absolute atomic E-state index is 0.0658. The van der Waals surface area contributed by atoms with Gasteiger partial charge in [-0.25, -0.2) is 13.2 Å². The Bertz CT molecular complexity index is 2200. The molecule has 1 aromatic heterocycles. The molecule has 2 aliphatic heterocycles. The lowest BCUT2D eigenvalue weighted by Gasteiger charge is -2.29. The molecule has 4 aromatic rings. The quantitative estimate of drug-likeness (QED) is 0.152. The minimum atomic E-state index is -3.88. The van der Waals surface area contributed by atoms with E-state index in [-0.39, 0.29) is 26.0 Å². The van der Waals surface area contributed by atoms with Crippen LogP contribution in [0.1, 0.15) is 63.4 Å². The van der Waals surface area contributed by atoms with E-state index in [9.17, 15) is 27.6 Å². The number of nitrogens with zero attached hydrogens (tertiary/aromatic N) is 1. The normalized spacial score (nSPS) is 26.6. The lowest BCUT2D eigenvalue weighted by atomic mass is 9.97. The summed E-state index contributed by atoms with van der Waals surface area (Å²) in [6, 6.07) is 19.7. The molecule has 288 valence electrons. The van der Waals surface area contributed by atoms with E-state index in [1.54, 1.807) is 17.5 Å². The first-order valence-corrected chi connectivity index (χ1v) is 21.4. The fraction of sp³-hybridized carbons (Fsp3) is 0.415. The van der Waals surface area contributed by atoms with Crippen LogP contribution in [0.5, 0.6) is 5.06 Å².